The Morgan fingerprint density at radius 3 is 2.65 bits per heavy atom. The molecule has 6 heteroatoms. The van der Waals surface area contributed by atoms with Crippen molar-refractivity contribution >= 4 is 17.4 Å². The SMILES string of the molecule is Cc1ccc(CN2CCC3(CC2c2ccc(OC=O)cc2)CC(F)(F)C3)c2cc[nH]c12. The van der Waals surface area contributed by atoms with E-state index in [9.17, 15) is 13.6 Å². The quantitative estimate of drug-likeness (QED) is 0.530. The summed E-state index contributed by atoms with van der Waals surface area (Å²) in [6, 6.07) is 13.9. The molecule has 0 bridgehead atoms. The number of hydrogen-bond donors (Lipinski definition) is 1. The van der Waals surface area contributed by atoms with E-state index in [2.05, 4.69) is 35.0 Å². The van der Waals surface area contributed by atoms with Gasteiger partial charge in [-0.3, -0.25) is 9.69 Å². The number of aromatic nitrogens is 1. The second-order valence-corrected chi connectivity index (χ2v) is 9.24. The third kappa shape index (κ3) is 3.74. The smallest absolute Gasteiger partial charge is 0.298 e. The van der Waals surface area contributed by atoms with Crippen molar-refractivity contribution in [2.75, 3.05) is 6.54 Å². The van der Waals surface area contributed by atoms with Gasteiger partial charge in [0.15, 0.2) is 0 Å². The normalized spacial score (nSPS) is 22.4. The molecule has 0 amide bonds. The second kappa shape index (κ2) is 7.45. The van der Waals surface area contributed by atoms with Crippen molar-refractivity contribution in [1.29, 1.82) is 0 Å². The molecular formula is C25H26F2N2O2. The molecule has 1 saturated heterocycles. The number of likely N-dealkylation sites (tertiary alicyclic amines) is 1. The van der Waals surface area contributed by atoms with Gasteiger partial charge in [0.1, 0.15) is 5.75 Å². The summed E-state index contributed by atoms with van der Waals surface area (Å²) in [4.78, 5) is 16.3. The van der Waals surface area contributed by atoms with Gasteiger partial charge in [-0.25, -0.2) is 8.78 Å². The standard InChI is InChI=1S/C25H26F2N2O2/c1-17-2-3-19(21-8-10-28-23(17)21)13-29-11-9-24(14-25(26,27)15-24)12-22(29)18-4-6-20(7-5-18)31-16-30/h2-8,10,16,22,28H,9,11-15H2,1H3. The summed E-state index contributed by atoms with van der Waals surface area (Å²) in [6.07, 6.45) is 3.46. The minimum absolute atomic E-state index is 0.0107. The first-order chi connectivity index (χ1) is 14.9. The molecule has 1 atom stereocenters. The molecular weight excluding hydrogens is 398 g/mol. The number of rotatable bonds is 5. The molecule has 162 valence electrons. The zero-order chi connectivity index (χ0) is 21.6. The molecule has 0 radical (unpaired) electrons. The summed E-state index contributed by atoms with van der Waals surface area (Å²) < 4.78 is 32.5. The Morgan fingerprint density at radius 1 is 1.16 bits per heavy atom. The fraction of sp³-hybridized carbons (Fsp3) is 0.400. The van der Waals surface area contributed by atoms with E-state index in [0.717, 1.165) is 37.0 Å². The molecule has 2 heterocycles. The highest BCUT2D eigenvalue weighted by molar-refractivity contribution is 5.85. The Labute approximate surface area is 180 Å². The third-order valence-corrected chi connectivity index (χ3v) is 7.11. The molecule has 1 spiro atoms. The zero-order valence-corrected chi connectivity index (χ0v) is 17.5. The highest BCUT2D eigenvalue weighted by Gasteiger charge is 2.58. The number of hydrogen-bond acceptors (Lipinski definition) is 3. The van der Waals surface area contributed by atoms with E-state index in [-0.39, 0.29) is 24.3 Å². The number of H-pyrrole nitrogens is 1. The predicted octanol–water partition coefficient (Wildman–Crippen LogP) is 5.76. The van der Waals surface area contributed by atoms with Gasteiger partial charge in [0, 0.05) is 42.5 Å². The highest BCUT2D eigenvalue weighted by Crippen LogP contribution is 2.60. The predicted molar refractivity (Wildman–Crippen MR) is 115 cm³/mol. The van der Waals surface area contributed by atoms with E-state index >= 15 is 0 Å². The fourth-order valence-electron chi connectivity index (χ4n) is 5.61. The lowest BCUT2D eigenvalue weighted by Crippen LogP contribution is -2.53. The second-order valence-electron chi connectivity index (χ2n) is 9.24. The number of halogens is 2. The molecule has 1 unspecified atom stereocenters. The van der Waals surface area contributed by atoms with Crippen LogP contribution in [-0.4, -0.2) is 28.8 Å². The lowest BCUT2D eigenvalue weighted by atomic mass is 9.59. The minimum Gasteiger partial charge on any atom is -0.429 e. The number of piperidine rings is 1. The first-order valence-electron chi connectivity index (χ1n) is 10.8. The van der Waals surface area contributed by atoms with E-state index in [1.165, 1.54) is 16.5 Å². The summed E-state index contributed by atoms with van der Waals surface area (Å²) in [6.45, 7) is 4.05. The molecule has 2 aromatic carbocycles. The number of ether oxygens (including phenoxy) is 1. The number of alkyl halides is 2. The van der Waals surface area contributed by atoms with Crippen LogP contribution in [0.15, 0.2) is 48.7 Å². The van der Waals surface area contributed by atoms with E-state index < -0.39 is 5.92 Å². The number of nitrogens with zero attached hydrogens (tertiary/aromatic N) is 1. The molecule has 1 aliphatic carbocycles. The van der Waals surface area contributed by atoms with Crippen molar-refractivity contribution in [2.24, 2.45) is 5.41 Å². The lowest BCUT2D eigenvalue weighted by Gasteiger charge is -2.54. The van der Waals surface area contributed by atoms with E-state index in [0.29, 0.717) is 12.2 Å². The largest absolute Gasteiger partial charge is 0.429 e. The minimum atomic E-state index is -2.53. The maximum atomic E-state index is 13.8. The van der Waals surface area contributed by atoms with Crippen LogP contribution in [0, 0.1) is 12.3 Å². The van der Waals surface area contributed by atoms with Gasteiger partial charge in [-0.2, -0.15) is 0 Å². The molecule has 1 aromatic heterocycles. The van der Waals surface area contributed by atoms with Crippen molar-refractivity contribution in [2.45, 2.75) is 51.1 Å². The van der Waals surface area contributed by atoms with Crippen LogP contribution in [-0.2, 0) is 11.3 Å². The summed E-state index contributed by atoms with van der Waals surface area (Å²) >= 11 is 0. The number of fused-ring (bicyclic) bond motifs is 1. The van der Waals surface area contributed by atoms with Crippen LogP contribution in [0.25, 0.3) is 10.9 Å². The number of carbonyl (C=O) groups is 1. The maximum absolute atomic E-state index is 13.8. The molecule has 2 fully saturated rings. The Balaban J connectivity index is 1.45. The Bertz CT molecular complexity index is 1100. The zero-order valence-electron chi connectivity index (χ0n) is 17.5. The number of benzene rings is 2. The monoisotopic (exact) mass is 424 g/mol. The number of carbonyl (C=O) groups excluding carboxylic acids is 1. The molecule has 5 rings (SSSR count). The fourth-order valence-corrected chi connectivity index (χ4v) is 5.61. The van der Waals surface area contributed by atoms with Gasteiger partial charge in [-0.15, -0.1) is 0 Å². The molecule has 3 aromatic rings. The Hall–Kier alpha value is -2.73. The number of nitrogens with one attached hydrogen (secondary N) is 1. The summed E-state index contributed by atoms with van der Waals surface area (Å²) in [7, 11) is 0. The van der Waals surface area contributed by atoms with Crippen LogP contribution in [0.2, 0.25) is 0 Å². The van der Waals surface area contributed by atoms with Crippen LogP contribution in [0.4, 0.5) is 8.78 Å². The van der Waals surface area contributed by atoms with E-state index in [1.54, 1.807) is 12.1 Å². The van der Waals surface area contributed by atoms with Gasteiger partial charge in [-0.05, 0) is 66.6 Å². The van der Waals surface area contributed by atoms with Crippen molar-refractivity contribution in [3.8, 4) is 5.75 Å². The average molecular weight is 424 g/mol. The van der Waals surface area contributed by atoms with Gasteiger partial charge >= 0.3 is 0 Å². The molecule has 1 N–H and O–H groups in total. The average Bonchev–Trinajstić information content (AvgIpc) is 3.22. The molecule has 31 heavy (non-hydrogen) atoms. The molecule has 1 saturated carbocycles. The van der Waals surface area contributed by atoms with Crippen LogP contribution in [0.1, 0.15) is 48.4 Å². The third-order valence-electron chi connectivity index (χ3n) is 7.11. The highest BCUT2D eigenvalue weighted by atomic mass is 19.3. The van der Waals surface area contributed by atoms with Crippen LogP contribution in [0.3, 0.4) is 0 Å². The van der Waals surface area contributed by atoms with Gasteiger partial charge < -0.3 is 9.72 Å². The first-order valence-corrected chi connectivity index (χ1v) is 10.8. The van der Waals surface area contributed by atoms with Gasteiger partial charge in [0.25, 0.3) is 6.47 Å². The van der Waals surface area contributed by atoms with Crippen molar-refractivity contribution in [3.63, 3.8) is 0 Å². The van der Waals surface area contributed by atoms with E-state index in [4.69, 9.17) is 4.74 Å². The van der Waals surface area contributed by atoms with Gasteiger partial charge in [0.2, 0.25) is 5.92 Å². The lowest BCUT2D eigenvalue weighted by molar-refractivity contribution is -0.186. The number of aryl methyl sites for hydroxylation is 1. The topological polar surface area (TPSA) is 45.3 Å². The van der Waals surface area contributed by atoms with Crippen molar-refractivity contribution in [3.05, 3.63) is 65.4 Å². The maximum Gasteiger partial charge on any atom is 0.298 e. The van der Waals surface area contributed by atoms with Crippen molar-refractivity contribution < 1.29 is 18.3 Å². The summed E-state index contributed by atoms with van der Waals surface area (Å²) in [5.74, 6) is -2.04. The summed E-state index contributed by atoms with van der Waals surface area (Å²) in [5.41, 5.74) is 4.39. The Kier molecular flexibility index (Phi) is 4.85. The van der Waals surface area contributed by atoms with E-state index in [1.807, 2.05) is 18.3 Å². The van der Waals surface area contributed by atoms with Crippen molar-refractivity contribution in [1.82, 2.24) is 9.88 Å². The summed E-state index contributed by atoms with van der Waals surface area (Å²) in [5, 5.41) is 1.21. The molecule has 1 aliphatic heterocycles. The van der Waals surface area contributed by atoms with Gasteiger partial charge in [-0.1, -0.05) is 24.3 Å². The Morgan fingerprint density at radius 2 is 1.94 bits per heavy atom. The number of aromatic amines is 1. The van der Waals surface area contributed by atoms with Crippen LogP contribution < -0.4 is 4.74 Å². The molecule has 4 nitrogen and oxygen atoms in total. The molecule has 2 aliphatic rings. The van der Waals surface area contributed by atoms with Crippen LogP contribution in [0.5, 0.6) is 5.75 Å². The van der Waals surface area contributed by atoms with Crippen LogP contribution >= 0.6 is 0 Å². The van der Waals surface area contributed by atoms with Gasteiger partial charge in [0.05, 0.1) is 0 Å². The first kappa shape index (κ1) is 20.2.